The summed E-state index contributed by atoms with van der Waals surface area (Å²) in [6.07, 6.45) is 0. The monoisotopic (exact) mass is 442 g/mol. The van der Waals surface area contributed by atoms with Gasteiger partial charge in [-0.25, -0.2) is 16.8 Å². The van der Waals surface area contributed by atoms with Gasteiger partial charge in [-0.3, -0.25) is 4.72 Å². The van der Waals surface area contributed by atoms with Gasteiger partial charge in [0.05, 0.1) is 15.0 Å². The van der Waals surface area contributed by atoms with Crippen molar-refractivity contribution in [3.63, 3.8) is 0 Å². The molecule has 0 saturated heterocycles. The Hall–Kier alpha value is -0.840. The van der Waals surface area contributed by atoms with Crippen molar-refractivity contribution >= 4 is 60.3 Å². The molecule has 0 fully saturated rings. The Labute approximate surface area is 161 Å². The second-order valence-corrected chi connectivity index (χ2v) is 10.8. The van der Waals surface area contributed by atoms with Crippen LogP contribution < -0.4 is 4.72 Å². The van der Waals surface area contributed by atoms with Crippen LogP contribution in [-0.2, 0) is 20.0 Å². The molecule has 0 aliphatic rings. The van der Waals surface area contributed by atoms with Crippen molar-refractivity contribution in [2.75, 3.05) is 17.8 Å². The quantitative estimate of drug-likeness (QED) is 0.704. The van der Waals surface area contributed by atoms with Gasteiger partial charge in [0.1, 0.15) is 9.10 Å². The Kier molecular flexibility index (Phi) is 6.40. The summed E-state index contributed by atoms with van der Waals surface area (Å²) in [5, 5.41) is 0.0222. The number of halogens is 2. The first-order valence-corrected chi connectivity index (χ1v) is 11.7. The van der Waals surface area contributed by atoms with Crippen LogP contribution in [0.2, 0.25) is 9.36 Å². The highest BCUT2D eigenvalue weighted by Gasteiger charge is 2.25. The Morgan fingerprint density at radius 3 is 2.20 bits per heavy atom. The number of anilines is 1. The number of hydrogen-bond donors (Lipinski definition) is 1. The molecule has 1 aromatic heterocycles. The second-order valence-electron chi connectivity index (χ2n) is 4.90. The summed E-state index contributed by atoms with van der Waals surface area (Å²) in [6, 6.07) is 6.80. The molecule has 6 nitrogen and oxygen atoms in total. The van der Waals surface area contributed by atoms with Crippen molar-refractivity contribution in [1.82, 2.24) is 4.31 Å². The first-order valence-electron chi connectivity index (χ1n) is 7.19. The van der Waals surface area contributed by atoms with Crippen LogP contribution in [0.15, 0.2) is 39.4 Å². The average molecular weight is 443 g/mol. The van der Waals surface area contributed by atoms with Crippen LogP contribution in [0.25, 0.3) is 0 Å². The summed E-state index contributed by atoms with van der Waals surface area (Å²) in [6.45, 7) is 3.97. The molecule has 0 spiro atoms. The van der Waals surface area contributed by atoms with Gasteiger partial charge in [-0.2, -0.15) is 4.31 Å². The molecule has 1 aromatic carbocycles. The van der Waals surface area contributed by atoms with Crippen LogP contribution in [0.4, 0.5) is 5.69 Å². The lowest BCUT2D eigenvalue weighted by molar-refractivity contribution is 0.445. The standard InChI is InChI=1S/C14H16Cl2N2O4S3/c1-3-18(4-2)25(21,22)12-9-10(5-6-11(12)15)17-24(19,20)14-8-7-13(16)23-14/h5-9,17H,3-4H2,1-2H3. The fraction of sp³-hybridized carbons (Fsp3) is 0.286. The molecule has 0 aliphatic carbocycles. The third kappa shape index (κ3) is 4.47. The Bertz CT molecular complexity index is 968. The number of benzene rings is 1. The van der Waals surface area contributed by atoms with E-state index < -0.39 is 20.0 Å². The minimum Gasteiger partial charge on any atom is -0.279 e. The van der Waals surface area contributed by atoms with E-state index in [-0.39, 0.29) is 32.9 Å². The SMILES string of the molecule is CCN(CC)S(=O)(=O)c1cc(NS(=O)(=O)c2ccc(Cl)s2)ccc1Cl. The van der Waals surface area contributed by atoms with Gasteiger partial charge in [-0.15, -0.1) is 11.3 Å². The molecule has 2 rings (SSSR count). The number of thiophene rings is 1. The Morgan fingerprint density at radius 1 is 1.04 bits per heavy atom. The number of rotatable bonds is 7. The van der Waals surface area contributed by atoms with Crippen LogP contribution in [0.5, 0.6) is 0 Å². The number of nitrogens with zero attached hydrogens (tertiary/aromatic N) is 1. The first-order chi connectivity index (χ1) is 11.6. The zero-order chi connectivity index (χ0) is 18.8. The lowest BCUT2D eigenvalue weighted by atomic mass is 10.3. The molecule has 0 unspecified atom stereocenters. The van der Waals surface area contributed by atoms with Crippen molar-refractivity contribution in [1.29, 1.82) is 0 Å². The second kappa shape index (κ2) is 7.81. The van der Waals surface area contributed by atoms with E-state index in [1.807, 2.05) is 0 Å². The zero-order valence-corrected chi connectivity index (χ0v) is 17.3. The highest BCUT2D eigenvalue weighted by Crippen LogP contribution is 2.31. The Morgan fingerprint density at radius 2 is 1.68 bits per heavy atom. The van der Waals surface area contributed by atoms with Crippen LogP contribution >= 0.6 is 34.5 Å². The number of nitrogens with one attached hydrogen (secondary N) is 1. The molecule has 138 valence electrons. The summed E-state index contributed by atoms with van der Waals surface area (Å²) >= 11 is 12.7. The Balaban J connectivity index is 2.43. The van der Waals surface area contributed by atoms with Gasteiger partial charge in [0.15, 0.2) is 0 Å². The van der Waals surface area contributed by atoms with E-state index in [1.165, 1.54) is 34.6 Å². The molecule has 11 heteroatoms. The highest BCUT2D eigenvalue weighted by molar-refractivity contribution is 7.94. The summed E-state index contributed by atoms with van der Waals surface area (Å²) in [5.74, 6) is 0. The van der Waals surface area contributed by atoms with E-state index in [9.17, 15) is 16.8 Å². The van der Waals surface area contributed by atoms with Crippen molar-refractivity contribution in [3.8, 4) is 0 Å². The van der Waals surface area contributed by atoms with Gasteiger partial charge < -0.3 is 0 Å². The summed E-state index contributed by atoms with van der Waals surface area (Å²) in [4.78, 5) is -0.151. The largest absolute Gasteiger partial charge is 0.279 e. The topological polar surface area (TPSA) is 83.6 Å². The number of sulfonamides is 2. The smallest absolute Gasteiger partial charge is 0.271 e. The van der Waals surface area contributed by atoms with Crippen molar-refractivity contribution in [2.45, 2.75) is 23.0 Å². The van der Waals surface area contributed by atoms with Gasteiger partial charge in [0.2, 0.25) is 10.0 Å². The van der Waals surface area contributed by atoms with Gasteiger partial charge >= 0.3 is 0 Å². The van der Waals surface area contributed by atoms with Gasteiger partial charge in [0.25, 0.3) is 10.0 Å². The van der Waals surface area contributed by atoms with Crippen molar-refractivity contribution in [2.24, 2.45) is 0 Å². The fourth-order valence-electron chi connectivity index (χ4n) is 2.11. The molecule has 2 aromatic rings. The van der Waals surface area contributed by atoms with Gasteiger partial charge in [0, 0.05) is 13.1 Å². The molecule has 1 N–H and O–H groups in total. The molecular formula is C14H16Cl2N2O4S3. The predicted molar refractivity (Wildman–Crippen MR) is 102 cm³/mol. The van der Waals surface area contributed by atoms with E-state index in [4.69, 9.17) is 23.2 Å². The predicted octanol–water partition coefficient (Wildman–Crippen LogP) is 3.89. The lowest BCUT2D eigenvalue weighted by Gasteiger charge is -2.19. The minimum absolute atomic E-state index is 0.0222. The van der Waals surface area contributed by atoms with E-state index in [2.05, 4.69) is 4.72 Å². The lowest BCUT2D eigenvalue weighted by Crippen LogP contribution is -2.30. The average Bonchev–Trinajstić information content (AvgIpc) is 2.97. The maximum absolute atomic E-state index is 12.7. The molecule has 0 bridgehead atoms. The van der Waals surface area contributed by atoms with Crippen molar-refractivity contribution < 1.29 is 16.8 Å². The molecular weight excluding hydrogens is 427 g/mol. The van der Waals surface area contributed by atoms with Gasteiger partial charge in [-0.05, 0) is 30.3 Å². The highest BCUT2D eigenvalue weighted by atomic mass is 35.5. The molecule has 0 aliphatic heterocycles. The molecule has 0 atom stereocenters. The first kappa shape index (κ1) is 20.5. The molecule has 0 saturated carbocycles. The number of hydrogen-bond acceptors (Lipinski definition) is 5. The van der Waals surface area contributed by atoms with Crippen LogP contribution in [0.1, 0.15) is 13.8 Å². The third-order valence-corrected chi connectivity index (χ3v) is 8.96. The maximum atomic E-state index is 12.7. The zero-order valence-electron chi connectivity index (χ0n) is 13.4. The van der Waals surface area contributed by atoms with Crippen LogP contribution in [0.3, 0.4) is 0 Å². The molecule has 25 heavy (non-hydrogen) atoms. The third-order valence-electron chi connectivity index (χ3n) is 3.32. The summed E-state index contributed by atoms with van der Waals surface area (Å²) in [5.41, 5.74) is 0.0969. The normalized spacial score (nSPS) is 12.5. The maximum Gasteiger partial charge on any atom is 0.271 e. The molecule has 0 radical (unpaired) electrons. The fourth-order valence-corrected chi connectivity index (χ4v) is 6.61. The summed E-state index contributed by atoms with van der Waals surface area (Å²) in [7, 11) is -7.69. The van der Waals surface area contributed by atoms with Crippen molar-refractivity contribution in [3.05, 3.63) is 39.7 Å². The van der Waals surface area contributed by atoms with E-state index in [0.717, 1.165) is 11.3 Å². The van der Waals surface area contributed by atoms with Gasteiger partial charge in [-0.1, -0.05) is 37.0 Å². The minimum atomic E-state index is -3.87. The van der Waals surface area contributed by atoms with E-state index in [1.54, 1.807) is 13.8 Å². The van der Waals surface area contributed by atoms with E-state index in [0.29, 0.717) is 4.34 Å². The molecule has 1 heterocycles. The van der Waals surface area contributed by atoms with Crippen LogP contribution in [-0.4, -0.2) is 34.2 Å². The molecule has 0 amide bonds. The van der Waals surface area contributed by atoms with Crippen LogP contribution in [0, 0.1) is 0 Å². The summed E-state index contributed by atoms with van der Waals surface area (Å²) < 4.78 is 54.0. The van der Waals surface area contributed by atoms with E-state index >= 15 is 0 Å².